The van der Waals surface area contributed by atoms with Gasteiger partial charge in [-0.15, -0.1) is 0 Å². The van der Waals surface area contributed by atoms with Crippen molar-refractivity contribution in [3.63, 3.8) is 0 Å². The number of aliphatic imine (C=N–C) groups is 1. The maximum atomic E-state index is 4.11. The van der Waals surface area contributed by atoms with Crippen molar-refractivity contribution in [3.05, 3.63) is 29.3 Å². The molecule has 0 spiro atoms. The SMILES string of the molecule is Cc1ccc2c(c1)NC=NC2. The average molecular weight is 146 g/mol. The van der Waals surface area contributed by atoms with Crippen molar-refractivity contribution in [1.29, 1.82) is 0 Å². The summed E-state index contributed by atoms with van der Waals surface area (Å²) in [5, 5.41) is 3.11. The number of hydrogen-bond donors (Lipinski definition) is 1. The summed E-state index contributed by atoms with van der Waals surface area (Å²) in [7, 11) is 0. The van der Waals surface area contributed by atoms with Crippen molar-refractivity contribution in [2.24, 2.45) is 4.99 Å². The smallest absolute Gasteiger partial charge is 0.0872 e. The summed E-state index contributed by atoms with van der Waals surface area (Å²) in [4.78, 5) is 4.11. The maximum Gasteiger partial charge on any atom is 0.0872 e. The first-order valence-corrected chi connectivity index (χ1v) is 3.70. The van der Waals surface area contributed by atoms with Crippen LogP contribution < -0.4 is 5.32 Å². The Morgan fingerprint density at radius 1 is 1.45 bits per heavy atom. The first kappa shape index (κ1) is 6.40. The molecule has 0 saturated heterocycles. The lowest BCUT2D eigenvalue weighted by Gasteiger charge is -2.11. The zero-order valence-corrected chi connectivity index (χ0v) is 6.46. The van der Waals surface area contributed by atoms with Crippen molar-refractivity contribution in [2.45, 2.75) is 13.5 Å². The van der Waals surface area contributed by atoms with E-state index in [1.54, 1.807) is 6.34 Å². The Morgan fingerprint density at radius 3 is 3.27 bits per heavy atom. The number of aryl methyl sites for hydroxylation is 1. The molecular formula is C9H10N2. The molecule has 1 aliphatic rings. The number of benzene rings is 1. The van der Waals surface area contributed by atoms with E-state index in [9.17, 15) is 0 Å². The van der Waals surface area contributed by atoms with E-state index < -0.39 is 0 Å². The van der Waals surface area contributed by atoms with Crippen LogP contribution in [0.5, 0.6) is 0 Å². The van der Waals surface area contributed by atoms with Gasteiger partial charge in [0.25, 0.3) is 0 Å². The van der Waals surface area contributed by atoms with Crippen molar-refractivity contribution in [3.8, 4) is 0 Å². The minimum atomic E-state index is 0.808. The van der Waals surface area contributed by atoms with E-state index in [1.807, 2.05) is 0 Å². The van der Waals surface area contributed by atoms with E-state index >= 15 is 0 Å². The molecule has 0 aromatic heterocycles. The summed E-state index contributed by atoms with van der Waals surface area (Å²) in [6.07, 6.45) is 1.75. The summed E-state index contributed by atoms with van der Waals surface area (Å²) in [6, 6.07) is 6.37. The van der Waals surface area contributed by atoms with Crippen LogP contribution in [0.15, 0.2) is 23.2 Å². The van der Waals surface area contributed by atoms with Crippen LogP contribution in [0.25, 0.3) is 0 Å². The van der Waals surface area contributed by atoms with Gasteiger partial charge in [-0.2, -0.15) is 0 Å². The Bertz CT molecular complexity index is 302. The second-order valence-corrected chi connectivity index (χ2v) is 2.77. The second-order valence-electron chi connectivity index (χ2n) is 2.77. The third kappa shape index (κ3) is 1.11. The number of anilines is 1. The molecule has 0 fully saturated rings. The third-order valence-corrected chi connectivity index (χ3v) is 1.84. The molecule has 2 heteroatoms. The molecule has 1 aromatic rings. The van der Waals surface area contributed by atoms with Crippen LogP contribution in [0.2, 0.25) is 0 Å². The van der Waals surface area contributed by atoms with Gasteiger partial charge in [0.05, 0.1) is 12.9 Å². The molecule has 2 nitrogen and oxygen atoms in total. The highest BCUT2D eigenvalue weighted by atomic mass is 15.0. The summed E-state index contributed by atoms with van der Waals surface area (Å²) in [5.41, 5.74) is 3.75. The molecule has 0 atom stereocenters. The minimum absolute atomic E-state index is 0.808. The van der Waals surface area contributed by atoms with Gasteiger partial charge in [-0.1, -0.05) is 12.1 Å². The molecule has 56 valence electrons. The van der Waals surface area contributed by atoms with Crippen molar-refractivity contribution < 1.29 is 0 Å². The van der Waals surface area contributed by atoms with E-state index in [-0.39, 0.29) is 0 Å². The second kappa shape index (κ2) is 2.38. The molecule has 0 unspecified atom stereocenters. The van der Waals surface area contributed by atoms with Gasteiger partial charge in [-0.3, -0.25) is 4.99 Å². The van der Waals surface area contributed by atoms with Gasteiger partial charge in [0.15, 0.2) is 0 Å². The van der Waals surface area contributed by atoms with Gasteiger partial charge in [-0.25, -0.2) is 0 Å². The first-order valence-electron chi connectivity index (χ1n) is 3.70. The number of rotatable bonds is 0. The Balaban J connectivity index is 2.48. The molecule has 1 heterocycles. The van der Waals surface area contributed by atoms with Gasteiger partial charge >= 0.3 is 0 Å². The van der Waals surface area contributed by atoms with Gasteiger partial charge in [-0.05, 0) is 24.1 Å². The molecule has 1 N–H and O–H groups in total. The predicted molar refractivity (Wildman–Crippen MR) is 47.0 cm³/mol. The monoisotopic (exact) mass is 146 g/mol. The van der Waals surface area contributed by atoms with E-state index in [1.165, 1.54) is 16.8 Å². The minimum Gasteiger partial charge on any atom is -0.346 e. The Kier molecular flexibility index (Phi) is 1.39. The van der Waals surface area contributed by atoms with Crippen LogP contribution in [-0.4, -0.2) is 6.34 Å². The first-order chi connectivity index (χ1) is 5.36. The summed E-state index contributed by atoms with van der Waals surface area (Å²) in [5.74, 6) is 0. The largest absolute Gasteiger partial charge is 0.346 e. The lowest BCUT2D eigenvalue weighted by atomic mass is 10.1. The molecule has 0 bridgehead atoms. The standard InChI is InChI=1S/C9H10N2/c1-7-2-3-8-5-10-6-11-9(8)4-7/h2-4,6H,5H2,1H3,(H,10,11). The fraction of sp³-hybridized carbons (Fsp3) is 0.222. The van der Waals surface area contributed by atoms with Gasteiger partial charge in [0.1, 0.15) is 0 Å². The molecule has 0 saturated carbocycles. The number of fused-ring (bicyclic) bond motifs is 1. The molecule has 0 radical (unpaired) electrons. The average Bonchev–Trinajstić information content (AvgIpc) is 2.04. The Hall–Kier alpha value is -1.31. The Morgan fingerprint density at radius 2 is 2.36 bits per heavy atom. The van der Waals surface area contributed by atoms with Crippen LogP contribution in [0.3, 0.4) is 0 Å². The zero-order chi connectivity index (χ0) is 7.68. The van der Waals surface area contributed by atoms with Crippen LogP contribution in [0.1, 0.15) is 11.1 Å². The molecule has 1 aromatic carbocycles. The molecule has 1 aliphatic heterocycles. The summed E-state index contributed by atoms with van der Waals surface area (Å²) < 4.78 is 0. The lowest BCUT2D eigenvalue weighted by Crippen LogP contribution is -2.04. The van der Waals surface area contributed by atoms with Crippen molar-refractivity contribution in [2.75, 3.05) is 5.32 Å². The number of hydrogen-bond acceptors (Lipinski definition) is 2. The summed E-state index contributed by atoms with van der Waals surface area (Å²) in [6.45, 7) is 2.90. The van der Waals surface area contributed by atoms with E-state index in [2.05, 4.69) is 35.4 Å². The van der Waals surface area contributed by atoms with Gasteiger partial charge in [0, 0.05) is 5.69 Å². The van der Waals surface area contributed by atoms with Crippen LogP contribution in [-0.2, 0) is 6.54 Å². The zero-order valence-electron chi connectivity index (χ0n) is 6.46. The molecular weight excluding hydrogens is 136 g/mol. The van der Waals surface area contributed by atoms with E-state index in [0.29, 0.717) is 0 Å². The van der Waals surface area contributed by atoms with Crippen molar-refractivity contribution in [1.82, 2.24) is 0 Å². The van der Waals surface area contributed by atoms with Crippen LogP contribution in [0, 0.1) is 6.92 Å². The van der Waals surface area contributed by atoms with Crippen molar-refractivity contribution >= 4 is 12.0 Å². The highest BCUT2D eigenvalue weighted by Gasteiger charge is 2.03. The highest BCUT2D eigenvalue weighted by Crippen LogP contribution is 2.19. The fourth-order valence-corrected chi connectivity index (χ4v) is 1.22. The molecule has 0 aliphatic carbocycles. The fourth-order valence-electron chi connectivity index (χ4n) is 1.22. The highest BCUT2D eigenvalue weighted by molar-refractivity contribution is 5.79. The van der Waals surface area contributed by atoms with Gasteiger partial charge in [0.2, 0.25) is 0 Å². The normalized spacial score (nSPS) is 13.9. The number of nitrogens with zero attached hydrogens (tertiary/aromatic N) is 1. The lowest BCUT2D eigenvalue weighted by molar-refractivity contribution is 1.06. The maximum absolute atomic E-state index is 4.11. The van der Waals surface area contributed by atoms with Crippen LogP contribution >= 0.6 is 0 Å². The third-order valence-electron chi connectivity index (χ3n) is 1.84. The van der Waals surface area contributed by atoms with E-state index in [0.717, 1.165) is 6.54 Å². The Labute approximate surface area is 66.0 Å². The van der Waals surface area contributed by atoms with E-state index in [4.69, 9.17) is 0 Å². The predicted octanol–water partition coefficient (Wildman–Crippen LogP) is 1.95. The molecule has 11 heavy (non-hydrogen) atoms. The molecule has 0 amide bonds. The topological polar surface area (TPSA) is 24.4 Å². The molecule has 2 rings (SSSR count). The summed E-state index contributed by atoms with van der Waals surface area (Å²) >= 11 is 0. The van der Waals surface area contributed by atoms with Crippen LogP contribution in [0.4, 0.5) is 5.69 Å². The quantitative estimate of drug-likeness (QED) is 0.594. The van der Waals surface area contributed by atoms with Gasteiger partial charge < -0.3 is 5.32 Å². The number of nitrogens with one attached hydrogen (secondary N) is 1.